The zero-order chi connectivity index (χ0) is 11.7. The van der Waals surface area contributed by atoms with Crippen LogP contribution in [-0.2, 0) is 7.05 Å². The van der Waals surface area contributed by atoms with Crippen LogP contribution in [0.2, 0.25) is 0 Å². The van der Waals surface area contributed by atoms with E-state index in [0.29, 0.717) is 5.69 Å². The molecule has 0 fully saturated rings. The van der Waals surface area contributed by atoms with Crippen molar-refractivity contribution in [3.63, 3.8) is 0 Å². The van der Waals surface area contributed by atoms with Crippen molar-refractivity contribution in [1.29, 1.82) is 0 Å². The SMILES string of the molecule is Cn1ccc(C(O)c2ccc(Br)c(Br)c2)n1. The Labute approximate surface area is 110 Å². The third-order valence-electron chi connectivity index (χ3n) is 2.27. The molecule has 1 N–H and O–H groups in total. The summed E-state index contributed by atoms with van der Waals surface area (Å²) >= 11 is 6.80. The van der Waals surface area contributed by atoms with Crippen LogP contribution in [0.1, 0.15) is 17.4 Å². The normalized spacial score (nSPS) is 12.8. The quantitative estimate of drug-likeness (QED) is 0.908. The standard InChI is InChI=1S/C11H10Br2N2O/c1-15-5-4-10(14-15)11(16)7-2-3-8(12)9(13)6-7/h2-6,11,16H,1H3. The van der Waals surface area contributed by atoms with E-state index in [1.165, 1.54) is 0 Å². The minimum Gasteiger partial charge on any atom is -0.382 e. The maximum Gasteiger partial charge on any atom is 0.123 e. The molecule has 0 aliphatic rings. The number of rotatable bonds is 2. The summed E-state index contributed by atoms with van der Waals surface area (Å²) in [7, 11) is 1.83. The first kappa shape index (κ1) is 11.8. The molecule has 3 nitrogen and oxygen atoms in total. The van der Waals surface area contributed by atoms with Gasteiger partial charge in [-0.1, -0.05) is 6.07 Å². The van der Waals surface area contributed by atoms with Crippen LogP contribution in [0.25, 0.3) is 0 Å². The van der Waals surface area contributed by atoms with Gasteiger partial charge in [-0.05, 0) is 55.6 Å². The number of hydrogen-bond donors (Lipinski definition) is 1. The molecule has 0 aliphatic heterocycles. The molecule has 0 saturated carbocycles. The zero-order valence-electron chi connectivity index (χ0n) is 8.56. The molecule has 1 aromatic heterocycles. The first-order valence-electron chi connectivity index (χ1n) is 4.70. The van der Waals surface area contributed by atoms with Crippen LogP contribution in [0.15, 0.2) is 39.4 Å². The van der Waals surface area contributed by atoms with Gasteiger partial charge >= 0.3 is 0 Å². The number of halogens is 2. The lowest BCUT2D eigenvalue weighted by molar-refractivity contribution is 0.214. The summed E-state index contributed by atoms with van der Waals surface area (Å²) in [4.78, 5) is 0. The van der Waals surface area contributed by atoms with Gasteiger partial charge in [0, 0.05) is 22.2 Å². The lowest BCUT2D eigenvalue weighted by atomic mass is 10.1. The maximum atomic E-state index is 10.1. The van der Waals surface area contributed by atoms with Gasteiger partial charge in [0.25, 0.3) is 0 Å². The number of nitrogens with zero attached hydrogens (tertiary/aromatic N) is 2. The lowest BCUT2D eigenvalue weighted by Crippen LogP contribution is -2.01. The van der Waals surface area contributed by atoms with E-state index in [4.69, 9.17) is 0 Å². The van der Waals surface area contributed by atoms with Gasteiger partial charge in [0.15, 0.2) is 0 Å². The summed E-state index contributed by atoms with van der Waals surface area (Å²) < 4.78 is 3.55. The van der Waals surface area contributed by atoms with Gasteiger partial charge in [0.1, 0.15) is 6.10 Å². The number of hydrogen-bond acceptors (Lipinski definition) is 2. The van der Waals surface area contributed by atoms with Crippen LogP contribution in [-0.4, -0.2) is 14.9 Å². The van der Waals surface area contributed by atoms with Gasteiger partial charge < -0.3 is 5.11 Å². The van der Waals surface area contributed by atoms with E-state index in [-0.39, 0.29) is 0 Å². The molecule has 0 radical (unpaired) electrons. The van der Waals surface area contributed by atoms with Gasteiger partial charge in [0.2, 0.25) is 0 Å². The lowest BCUT2D eigenvalue weighted by Gasteiger charge is -2.09. The van der Waals surface area contributed by atoms with Gasteiger partial charge in [-0.3, -0.25) is 4.68 Å². The number of benzene rings is 1. The Morgan fingerprint density at radius 3 is 2.56 bits per heavy atom. The molecule has 1 heterocycles. The molecule has 0 saturated heterocycles. The van der Waals surface area contributed by atoms with Crippen LogP contribution in [0.3, 0.4) is 0 Å². The smallest absolute Gasteiger partial charge is 0.123 e. The average molecular weight is 346 g/mol. The molecular formula is C11H10Br2N2O. The summed E-state index contributed by atoms with van der Waals surface area (Å²) in [5, 5.41) is 14.3. The Hall–Kier alpha value is -0.650. The molecule has 0 bridgehead atoms. The second-order valence-electron chi connectivity index (χ2n) is 3.49. The Morgan fingerprint density at radius 1 is 1.25 bits per heavy atom. The van der Waals surface area contributed by atoms with Crippen molar-refractivity contribution < 1.29 is 5.11 Å². The minimum absolute atomic E-state index is 0.650. The molecule has 0 aliphatic carbocycles. The third-order valence-corrected chi connectivity index (χ3v) is 4.15. The van der Waals surface area contributed by atoms with Crippen molar-refractivity contribution in [2.24, 2.45) is 7.05 Å². The first-order chi connectivity index (χ1) is 7.58. The van der Waals surface area contributed by atoms with Crippen LogP contribution in [0.5, 0.6) is 0 Å². The first-order valence-corrected chi connectivity index (χ1v) is 6.29. The molecular weight excluding hydrogens is 336 g/mol. The van der Waals surface area contributed by atoms with Crippen molar-refractivity contribution in [2.45, 2.75) is 6.10 Å². The van der Waals surface area contributed by atoms with Crippen molar-refractivity contribution in [2.75, 3.05) is 0 Å². The molecule has 1 atom stereocenters. The highest BCUT2D eigenvalue weighted by Gasteiger charge is 2.13. The van der Waals surface area contributed by atoms with E-state index in [9.17, 15) is 5.11 Å². The molecule has 1 aromatic carbocycles. The summed E-state index contributed by atoms with van der Waals surface area (Å²) in [6.07, 6.45) is 1.12. The fraction of sp³-hybridized carbons (Fsp3) is 0.182. The van der Waals surface area contributed by atoms with Crippen molar-refractivity contribution in [3.05, 3.63) is 50.7 Å². The molecule has 16 heavy (non-hydrogen) atoms. The van der Waals surface area contributed by atoms with Gasteiger partial charge in [-0.2, -0.15) is 5.10 Å². The largest absolute Gasteiger partial charge is 0.382 e. The van der Waals surface area contributed by atoms with Crippen molar-refractivity contribution in [3.8, 4) is 0 Å². The highest BCUT2D eigenvalue weighted by molar-refractivity contribution is 9.13. The number of aromatic nitrogens is 2. The van der Waals surface area contributed by atoms with E-state index < -0.39 is 6.10 Å². The maximum absolute atomic E-state index is 10.1. The van der Waals surface area contributed by atoms with Crippen LogP contribution >= 0.6 is 31.9 Å². The molecule has 0 spiro atoms. The molecule has 2 aromatic rings. The second kappa shape index (κ2) is 4.69. The number of aryl methyl sites for hydroxylation is 1. The summed E-state index contributed by atoms with van der Waals surface area (Å²) in [5.74, 6) is 0. The highest BCUT2D eigenvalue weighted by Crippen LogP contribution is 2.28. The summed E-state index contributed by atoms with van der Waals surface area (Å²) in [6.45, 7) is 0. The van der Waals surface area contributed by atoms with E-state index in [2.05, 4.69) is 37.0 Å². The van der Waals surface area contributed by atoms with E-state index >= 15 is 0 Å². The van der Waals surface area contributed by atoms with Crippen molar-refractivity contribution >= 4 is 31.9 Å². The van der Waals surface area contributed by atoms with Gasteiger partial charge in [0.05, 0.1) is 5.69 Å². The highest BCUT2D eigenvalue weighted by atomic mass is 79.9. The minimum atomic E-state index is -0.689. The Balaban J connectivity index is 2.33. The van der Waals surface area contributed by atoms with Crippen molar-refractivity contribution in [1.82, 2.24) is 9.78 Å². The predicted octanol–water partition coefficient (Wildman–Crippen LogP) is 3.03. The Bertz CT molecular complexity index is 510. The Kier molecular flexibility index (Phi) is 3.47. The molecule has 5 heteroatoms. The van der Waals surface area contributed by atoms with Crippen LogP contribution < -0.4 is 0 Å². The number of aliphatic hydroxyl groups excluding tert-OH is 1. The second-order valence-corrected chi connectivity index (χ2v) is 5.20. The summed E-state index contributed by atoms with van der Waals surface area (Å²) in [6, 6.07) is 7.45. The molecule has 2 rings (SSSR count). The van der Waals surface area contributed by atoms with Crippen LogP contribution in [0, 0.1) is 0 Å². The zero-order valence-corrected chi connectivity index (χ0v) is 11.7. The molecule has 1 unspecified atom stereocenters. The monoisotopic (exact) mass is 344 g/mol. The molecule has 0 amide bonds. The van der Waals surface area contributed by atoms with Gasteiger partial charge in [-0.15, -0.1) is 0 Å². The number of aliphatic hydroxyl groups is 1. The van der Waals surface area contributed by atoms with Gasteiger partial charge in [-0.25, -0.2) is 0 Å². The fourth-order valence-corrected chi connectivity index (χ4v) is 2.08. The van der Waals surface area contributed by atoms with Crippen LogP contribution in [0.4, 0.5) is 0 Å². The summed E-state index contributed by atoms with van der Waals surface area (Å²) in [5.41, 5.74) is 1.46. The molecule has 84 valence electrons. The topological polar surface area (TPSA) is 38.0 Å². The Morgan fingerprint density at radius 2 is 2.00 bits per heavy atom. The predicted molar refractivity (Wildman–Crippen MR) is 69.1 cm³/mol. The average Bonchev–Trinajstić information content (AvgIpc) is 2.68. The van der Waals surface area contributed by atoms with E-state index in [1.54, 1.807) is 10.7 Å². The van der Waals surface area contributed by atoms with E-state index in [1.807, 2.05) is 31.4 Å². The third kappa shape index (κ3) is 2.36. The fourth-order valence-electron chi connectivity index (χ4n) is 1.43. The van der Waals surface area contributed by atoms with E-state index in [0.717, 1.165) is 14.5 Å².